The topological polar surface area (TPSA) is 89.3 Å². The van der Waals surface area contributed by atoms with Crippen LogP contribution in [0.2, 0.25) is 0 Å². The summed E-state index contributed by atoms with van der Waals surface area (Å²) >= 11 is 1.53. The van der Waals surface area contributed by atoms with Crippen molar-refractivity contribution in [1.82, 2.24) is 20.1 Å². The van der Waals surface area contributed by atoms with Gasteiger partial charge in [-0.15, -0.1) is 11.3 Å². The quantitative estimate of drug-likeness (QED) is 0.497. The number of aliphatic hydroxyl groups excluding tert-OH is 1. The molecule has 3 heterocycles. The van der Waals surface area contributed by atoms with Gasteiger partial charge in [0.25, 0.3) is 0 Å². The second-order valence-corrected chi connectivity index (χ2v) is 10.4. The second kappa shape index (κ2) is 12.2. The molecular weight excluding hydrogens is 448 g/mol. The number of rotatable bonds is 10. The third kappa shape index (κ3) is 7.22. The number of allylic oxidation sites excluding steroid dienone is 3. The molecular formula is C26H36N4O3S. The Bertz CT molecular complexity index is 1020. The van der Waals surface area contributed by atoms with Crippen molar-refractivity contribution < 1.29 is 14.6 Å². The molecule has 0 unspecified atom stereocenters. The van der Waals surface area contributed by atoms with Crippen molar-refractivity contribution >= 4 is 17.2 Å². The number of aromatic nitrogens is 3. The molecule has 184 valence electrons. The van der Waals surface area contributed by atoms with Gasteiger partial charge in [-0.3, -0.25) is 9.48 Å². The normalized spacial score (nSPS) is 15.7. The van der Waals surface area contributed by atoms with Gasteiger partial charge in [-0.25, -0.2) is 4.98 Å². The van der Waals surface area contributed by atoms with Crippen LogP contribution >= 0.6 is 11.3 Å². The van der Waals surface area contributed by atoms with Crippen molar-refractivity contribution in [3.05, 3.63) is 59.4 Å². The first-order chi connectivity index (χ1) is 16.3. The Morgan fingerprint density at radius 3 is 2.82 bits per heavy atom. The molecule has 1 aliphatic rings. The summed E-state index contributed by atoms with van der Waals surface area (Å²) in [6.07, 6.45) is 12.1. The Morgan fingerprint density at radius 2 is 2.15 bits per heavy atom. The van der Waals surface area contributed by atoms with Gasteiger partial charge in [-0.2, -0.15) is 5.10 Å². The second-order valence-electron chi connectivity index (χ2n) is 9.51. The van der Waals surface area contributed by atoms with E-state index in [9.17, 15) is 9.90 Å². The summed E-state index contributed by atoms with van der Waals surface area (Å²) in [5.74, 6) is 0.498. The minimum atomic E-state index is -0.192. The average Bonchev–Trinajstić information content (AvgIpc) is 3.44. The predicted octanol–water partition coefficient (Wildman–Crippen LogP) is 4.05. The van der Waals surface area contributed by atoms with Crippen LogP contribution < -0.4 is 5.32 Å². The van der Waals surface area contributed by atoms with E-state index >= 15 is 0 Å². The highest BCUT2D eigenvalue weighted by atomic mass is 32.1. The van der Waals surface area contributed by atoms with E-state index in [0.29, 0.717) is 18.9 Å². The van der Waals surface area contributed by atoms with Gasteiger partial charge in [0, 0.05) is 31.6 Å². The molecule has 0 aliphatic carbocycles. The van der Waals surface area contributed by atoms with E-state index in [2.05, 4.69) is 37.8 Å². The van der Waals surface area contributed by atoms with Crippen LogP contribution in [0.3, 0.4) is 0 Å². The molecule has 2 aromatic rings. The molecule has 0 spiro atoms. The smallest absolute Gasteiger partial charge is 0.226 e. The lowest BCUT2D eigenvalue weighted by Crippen LogP contribution is -2.33. The average molecular weight is 485 g/mol. The number of hydrogen-bond donors (Lipinski definition) is 2. The van der Waals surface area contributed by atoms with Crippen molar-refractivity contribution in [2.24, 2.45) is 5.92 Å². The van der Waals surface area contributed by atoms with E-state index in [1.54, 1.807) is 12.2 Å². The fourth-order valence-corrected chi connectivity index (χ4v) is 4.76. The summed E-state index contributed by atoms with van der Waals surface area (Å²) in [5, 5.41) is 20.0. The number of nitrogens with one attached hydrogen (secondary N) is 1. The highest BCUT2D eigenvalue weighted by molar-refractivity contribution is 7.13. The number of carbonyl (C=O) groups is 1. The Hall–Kier alpha value is -2.55. The maximum Gasteiger partial charge on any atom is 0.226 e. The zero-order chi connectivity index (χ0) is 24.6. The lowest BCUT2D eigenvalue weighted by molar-refractivity contribution is -0.120. The molecule has 0 radical (unpaired) electrons. The Labute approximate surface area is 206 Å². The molecule has 0 saturated carbocycles. The van der Waals surface area contributed by atoms with Crippen LogP contribution in [0.1, 0.15) is 45.0 Å². The van der Waals surface area contributed by atoms with Crippen molar-refractivity contribution in [3.63, 3.8) is 0 Å². The number of carbonyl (C=O) groups excluding carboxylic acids is 1. The third-order valence-corrected chi connectivity index (χ3v) is 6.64. The number of thiazole rings is 1. The summed E-state index contributed by atoms with van der Waals surface area (Å²) in [6.45, 7) is 12.2. The summed E-state index contributed by atoms with van der Waals surface area (Å²) in [5.41, 5.74) is 3.39. The number of amides is 1. The minimum Gasteiger partial charge on any atom is -0.392 e. The molecule has 34 heavy (non-hydrogen) atoms. The summed E-state index contributed by atoms with van der Waals surface area (Å²) in [4.78, 5) is 17.2. The van der Waals surface area contributed by atoms with E-state index in [1.807, 2.05) is 28.4 Å². The lowest BCUT2D eigenvalue weighted by Gasteiger charge is -2.22. The molecule has 3 rings (SSSR count). The molecule has 1 fully saturated rings. The van der Waals surface area contributed by atoms with Gasteiger partial charge in [0.2, 0.25) is 5.91 Å². The molecule has 1 saturated heterocycles. The molecule has 0 aromatic carbocycles. The first-order valence-electron chi connectivity index (χ1n) is 11.8. The van der Waals surface area contributed by atoms with Crippen molar-refractivity contribution in [2.75, 3.05) is 26.4 Å². The first-order valence-corrected chi connectivity index (χ1v) is 12.7. The summed E-state index contributed by atoms with van der Waals surface area (Å²) in [7, 11) is 0. The van der Waals surface area contributed by atoms with Crippen molar-refractivity contribution in [3.8, 4) is 10.6 Å². The van der Waals surface area contributed by atoms with Crippen LogP contribution in [0.25, 0.3) is 10.6 Å². The van der Waals surface area contributed by atoms with Gasteiger partial charge in [-0.1, -0.05) is 30.9 Å². The third-order valence-electron chi connectivity index (χ3n) is 5.71. The SMILES string of the molecule is C=C/C=C(\C=C/Cc1c(-c2nc(CC(=O)NCC3CCOCC3)cs2)cnn1C(C)(C)C)CO. The number of nitrogens with zero attached hydrogens (tertiary/aromatic N) is 3. The van der Waals surface area contributed by atoms with Gasteiger partial charge < -0.3 is 15.2 Å². The number of aliphatic hydroxyl groups is 1. The van der Waals surface area contributed by atoms with E-state index < -0.39 is 0 Å². The van der Waals surface area contributed by atoms with Crippen LogP contribution in [-0.2, 0) is 27.9 Å². The molecule has 7 nitrogen and oxygen atoms in total. The van der Waals surface area contributed by atoms with Crippen LogP contribution in [-0.4, -0.2) is 52.1 Å². The van der Waals surface area contributed by atoms with Gasteiger partial charge in [0.15, 0.2) is 0 Å². The van der Waals surface area contributed by atoms with Gasteiger partial charge in [0.05, 0.1) is 41.7 Å². The van der Waals surface area contributed by atoms with Gasteiger partial charge >= 0.3 is 0 Å². The fraction of sp³-hybridized carbons (Fsp3) is 0.500. The molecule has 0 atom stereocenters. The zero-order valence-corrected chi connectivity index (χ0v) is 21.2. The largest absolute Gasteiger partial charge is 0.392 e. The standard InChI is InChI=1S/C26H36N4O3S/c1-5-7-20(17-31)8-6-9-23-22(16-28-30(23)26(2,3)4)25-29-21(18-34-25)14-24(32)27-15-19-10-12-33-13-11-19/h5-8,16,18-19,31H,1,9-15,17H2,2-4H3,(H,27,32)/b8-6-,20-7+. The van der Waals surface area contributed by atoms with Crippen molar-refractivity contribution in [1.29, 1.82) is 0 Å². The number of hydrogen-bond acceptors (Lipinski definition) is 6. The molecule has 1 amide bonds. The van der Waals surface area contributed by atoms with Gasteiger partial charge in [-0.05, 0) is 45.1 Å². The minimum absolute atomic E-state index is 0.00224. The van der Waals surface area contributed by atoms with E-state index in [1.165, 1.54) is 11.3 Å². The summed E-state index contributed by atoms with van der Waals surface area (Å²) in [6, 6.07) is 0. The molecule has 0 bridgehead atoms. The summed E-state index contributed by atoms with van der Waals surface area (Å²) < 4.78 is 7.40. The Kier molecular flexibility index (Phi) is 9.38. The van der Waals surface area contributed by atoms with Gasteiger partial charge in [0.1, 0.15) is 5.01 Å². The molecule has 2 N–H and O–H groups in total. The fourth-order valence-electron chi connectivity index (χ4n) is 3.91. The van der Waals surface area contributed by atoms with Crippen LogP contribution in [0.4, 0.5) is 0 Å². The van der Waals surface area contributed by atoms with E-state index in [-0.39, 0.29) is 24.5 Å². The monoisotopic (exact) mass is 484 g/mol. The number of ether oxygens (including phenoxy) is 1. The maximum absolute atomic E-state index is 12.5. The molecule has 2 aromatic heterocycles. The zero-order valence-electron chi connectivity index (χ0n) is 20.4. The molecule has 8 heteroatoms. The Balaban J connectivity index is 1.72. The highest BCUT2D eigenvalue weighted by Gasteiger charge is 2.23. The van der Waals surface area contributed by atoms with E-state index in [0.717, 1.165) is 53.6 Å². The highest BCUT2D eigenvalue weighted by Crippen LogP contribution is 2.31. The van der Waals surface area contributed by atoms with Crippen LogP contribution in [0.15, 0.2) is 48.0 Å². The first kappa shape index (κ1) is 26.1. The maximum atomic E-state index is 12.5. The van der Waals surface area contributed by atoms with Crippen molar-refractivity contribution in [2.45, 2.75) is 52.0 Å². The Morgan fingerprint density at radius 1 is 1.38 bits per heavy atom. The molecule has 1 aliphatic heterocycles. The predicted molar refractivity (Wildman–Crippen MR) is 137 cm³/mol. The van der Waals surface area contributed by atoms with Crippen LogP contribution in [0.5, 0.6) is 0 Å². The van der Waals surface area contributed by atoms with Crippen LogP contribution in [0, 0.1) is 5.92 Å². The lowest BCUT2D eigenvalue weighted by atomic mass is 10.0. The van der Waals surface area contributed by atoms with E-state index in [4.69, 9.17) is 9.72 Å².